The fourth-order valence-corrected chi connectivity index (χ4v) is 22.4. The van der Waals surface area contributed by atoms with E-state index < -0.39 is 265 Å². The first-order valence-corrected chi connectivity index (χ1v) is 38.3. The molecule has 6 heterocycles. The van der Waals surface area contributed by atoms with Crippen molar-refractivity contribution in [1.29, 1.82) is 0 Å². The van der Waals surface area contributed by atoms with Gasteiger partial charge in [-0.3, -0.25) is 4.79 Å². The summed E-state index contributed by atoms with van der Waals surface area (Å²) in [6, 6.07) is 17.4. The van der Waals surface area contributed by atoms with Crippen molar-refractivity contribution in [3.05, 3.63) is 77.9 Å². The second-order valence-electron chi connectivity index (χ2n) is 34.6. The van der Waals surface area contributed by atoms with E-state index in [1.807, 2.05) is 45.9 Å². The van der Waals surface area contributed by atoms with E-state index >= 15 is 0 Å². The van der Waals surface area contributed by atoms with Crippen LogP contribution in [-0.2, 0) is 76.0 Å². The van der Waals surface area contributed by atoms with Gasteiger partial charge in [0.2, 0.25) is 0 Å². The largest absolute Gasteiger partial charge is 0.479 e. The van der Waals surface area contributed by atoms with Crippen molar-refractivity contribution < 1.29 is 157 Å². The zero-order valence-electron chi connectivity index (χ0n) is 63.2. The third kappa shape index (κ3) is 13.6. The molecule has 5 saturated carbocycles. The second-order valence-corrected chi connectivity index (χ2v) is 34.6. The Bertz CT molecular complexity index is 3630. The van der Waals surface area contributed by atoms with Gasteiger partial charge in [0, 0.05) is 29.7 Å². The number of aliphatic hydroxyl groups excluding tert-OH is 14. The summed E-state index contributed by atoms with van der Waals surface area (Å²) >= 11 is 0. The van der Waals surface area contributed by atoms with Crippen LogP contribution in [0.25, 0.3) is 6.08 Å². The van der Waals surface area contributed by atoms with E-state index in [1.165, 1.54) is 26.8 Å². The summed E-state index contributed by atoms with van der Waals surface area (Å²) in [6.45, 7) is 16.4. The number of aliphatic hydroxyl groups is 14. The highest BCUT2D eigenvalue weighted by atomic mass is 16.8. The predicted molar refractivity (Wildman–Crippen MR) is 374 cm³/mol. The van der Waals surface area contributed by atoms with Crippen molar-refractivity contribution in [3.8, 4) is 0 Å². The number of carbonyl (C=O) groups is 4. The lowest BCUT2D eigenvalue weighted by Gasteiger charge is -2.75. The summed E-state index contributed by atoms with van der Waals surface area (Å²) in [5.74, 6) is -5.98. The number of ether oxygens (including phenoxy) is 13. The lowest BCUT2D eigenvalue weighted by molar-refractivity contribution is -0.403. The molecule has 0 radical (unpaired) electrons. The second kappa shape index (κ2) is 30.9. The predicted octanol–water partition coefficient (Wildman–Crippen LogP) is -0.146. The van der Waals surface area contributed by atoms with E-state index in [1.54, 1.807) is 48.5 Å². The highest BCUT2D eigenvalue weighted by molar-refractivity contribution is 5.90. The minimum Gasteiger partial charge on any atom is -0.479 e. The molecule has 2 aromatic carbocycles. The molecule has 32 nitrogen and oxygen atoms in total. The lowest BCUT2D eigenvalue weighted by atomic mass is 9.30. The number of aliphatic carboxylic acids is 1. The van der Waals surface area contributed by atoms with Crippen LogP contribution in [0.4, 0.5) is 0 Å². The first-order valence-electron chi connectivity index (χ1n) is 38.3. The molecule has 6 aliphatic heterocycles. The van der Waals surface area contributed by atoms with Gasteiger partial charge in [0.25, 0.3) is 0 Å². The Morgan fingerprint density at radius 3 is 1.66 bits per heavy atom. The summed E-state index contributed by atoms with van der Waals surface area (Å²) in [4.78, 5) is 56.8. The molecule has 13 rings (SSSR count). The van der Waals surface area contributed by atoms with Gasteiger partial charge in [0.05, 0.1) is 42.7 Å². The van der Waals surface area contributed by atoms with Gasteiger partial charge in [-0.2, -0.15) is 0 Å². The molecule has 614 valence electrons. The maximum absolute atomic E-state index is 14.6. The summed E-state index contributed by atoms with van der Waals surface area (Å²) in [7, 11) is 0. The van der Waals surface area contributed by atoms with Gasteiger partial charge in [-0.25, -0.2) is 14.4 Å². The first kappa shape index (κ1) is 83.1. The Morgan fingerprint density at radius 1 is 0.518 bits per heavy atom. The molecule has 2 aromatic rings. The maximum Gasteiger partial charge on any atom is 0.338 e. The van der Waals surface area contributed by atoms with Crippen molar-refractivity contribution in [2.24, 2.45) is 56.2 Å². The quantitative estimate of drug-likeness (QED) is 0.0524. The molecule has 0 aromatic heterocycles. The van der Waals surface area contributed by atoms with Crippen LogP contribution in [0.2, 0.25) is 0 Å². The molecule has 32 heteroatoms. The Morgan fingerprint density at radius 2 is 1.05 bits per heavy atom. The summed E-state index contributed by atoms with van der Waals surface area (Å²) < 4.78 is 83.4. The first-order chi connectivity index (χ1) is 51.8. The number of fused-ring (bicyclic) bond motifs is 4. The highest BCUT2D eigenvalue weighted by Gasteiger charge is 2.87. The van der Waals surface area contributed by atoms with Crippen LogP contribution in [0.15, 0.2) is 66.7 Å². The van der Waals surface area contributed by atoms with Crippen LogP contribution >= 0.6 is 0 Å². The van der Waals surface area contributed by atoms with Gasteiger partial charge in [-0.05, 0) is 123 Å². The Labute approximate surface area is 636 Å². The Hall–Kier alpha value is -4.90. The Kier molecular flexibility index (Phi) is 23.4. The van der Waals surface area contributed by atoms with Gasteiger partial charge in [0.15, 0.2) is 43.7 Å². The zero-order valence-corrected chi connectivity index (χ0v) is 63.2. The van der Waals surface area contributed by atoms with Crippen LogP contribution in [0.3, 0.4) is 0 Å². The number of carboxylic acids is 1. The van der Waals surface area contributed by atoms with Gasteiger partial charge < -0.3 is 138 Å². The minimum absolute atomic E-state index is 0.0916. The van der Waals surface area contributed by atoms with Crippen LogP contribution in [0.1, 0.15) is 137 Å². The zero-order chi connectivity index (χ0) is 79.8. The number of hydrogen-bond donors (Lipinski definition) is 15. The maximum atomic E-state index is 14.6. The molecule has 38 atom stereocenters. The summed E-state index contributed by atoms with van der Waals surface area (Å²) in [5.41, 5.74) is -6.38. The normalized spacial score (nSPS) is 49.5. The molecule has 1 spiro atoms. The third-order valence-electron chi connectivity index (χ3n) is 28.2. The van der Waals surface area contributed by atoms with Crippen LogP contribution < -0.4 is 0 Å². The molecule has 11 aliphatic rings. The number of rotatable bonds is 18. The molecule has 2 bridgehead atoms. The van der Waals surface area contributed by atoms with Crippen molar-refractivity contribution in [2.75, 3.05) is 13.2 Å². The van der Waals surface area contributed by atoms with Gasteiger partial charge in [-0.15, -0.1) is 0 Å². The number of benzene rings is 2. The Balaban J connectivity index is 0.850. The average molecular weight is 1560 g/mol. The van der Waals surface area contributed by atoms with Gasteiger partial charge >= 0.3 is 23.9 Å². The number of hydrogen-bond acceptors (Lipinski definition) is 31. The van der Waals surface area contributed by atoms with E-state index in [-0.39, 0.29) is 36.7 Å². The molecule has 15 N–H and O–H groups in total. The summed E-state index contributed by atoms with van der Waals surface area (Å²) in [5, 5.41) is 171. The third-order valence-corrected chi connectivity index (χ3v) is 28.2. The van der Waals surface area contributed by atoms with Crippen LogP contribution in [-0.4, -0.2) is 297 Å². The molecule has 5 aliphatic carbocycles. The summed E-state index contributed by atoms with van der Waals surface area (Å²) in [6.07, 6.45) is -47.5. The molecule has 0 amide bonds. The molecule has 110 heavy (non-hydrogen) atoms. The van der Waals surface area contributed by atoms with E-state index in [2.05, 4.69) is 20.8 Å². The number of esters is 3. The van der Waals surface area contributed by atoms with E-state index in [9.17, 15) is 95.8 Å². The van der Waals surface area contributed by atoms with Crippen molar-refractivity contribution in [3.63, 3.8) is 0 Å². The molecule has 6 saturated heterocycles. The number of carbonyl (C=O) groups excluding carboxylic acids is 3. The number of carboxylic acid groups (broad SMARTS) is 1. The minimum atomic E-state index is -2.33. The standard InChI is InChI=1S/C78H110O32/c1-33-46(83)50(87)54(91)67(98-33)106-60-52(89)47(84)34(2)99-69(60)107-61-53(90)49(86)40(32-80)102-70(61)105-58-56(93)59(65(94)95)104-57(62(58)108-68-55(92)51(88)48(85)39(31-79)101-68)38-23-26-74(8)41(73(38,6)7)24-27-75(9)42(74)25-28-77-43-29-72(4,5)63(109-66(96)37-19-15-12-16-20-37)64(103-45(82)22-21-36-17-13-11-14-18-36)78(43,71(97)110-77)44(100-35(3)81)30-76(75,77)10/h11-22,33-34,38-44,46-64,67-71,79-80,83-93,97H,23-32H2,1-10H3,(H,94,95)/b22-21+/t33-,34-,38+,39+,40+,41-,42+,43-,44+,46-,47-,48-,49-,50+,51-,52+,53-,54+,55+,56-,57-,58-,59-,60+,61+,62-,63-,64-,67-,68-,69-,70-,71-,74-,75+,76-,77-,78+/m0/s1. The van der Waals surface area contributed by atoms with Crippen molar-refractivity contribution in [2.45, 2.75) is 304 Å². The highest BCUT2D eigenvalue weighted by Crippen LogP contribution is 2.82. The molecule has 11 fully saturated rings. The van der Waals surface area contributed by atoms with E-state index in [4.69, 9.17) is 61.6 Å². The monoisotopic (exact) mass is 1560 g/mol. The fraction of sp³-hybridized carbons (Fsp3) is 0.769. The fourth-order valence-electron chi connectivity index (χ4n) is 22.4. The van der Waals surface area contributed by atoms with Gasteiger partial charge in [-0.1, -0.05) is 97.0 Å². The van der Waals surface area contributed by atoms with Crippen LogP contribution in [0.5, 0.6) is 0 Å². The smallest absolute Gasteiger partial charge is 0.338 e. The lowest BCUT2D eigenvalue weighted by Crippen LogP contribution is -2.77. The average Bonchev–Trinajstić information content (AvgIpc) is 1.43. The SMILES string of the molecule is CC(=O)O[C@@H]1C[C@]2(C)[C@@]3(CC[C@@H]4[C@@]5(C)CC[C@H]([C@@H]6O[C@H](C(=O)O)[C@@H](O)[C@H](O[C@@H]7O[C@H](CO)[C@H](O)[C@H](O)[C@H]7O[C@@H]7O[C@@H](C)[C@H](O)[C@@H](O)[C@H]7O[C@@H]7O[C@@H](C)[C@H](O)[C@@H](O)[C@H]7O)[C@H]6O[C@@H]6O[C@H](CO)[C@H](O)[C@H](O)[C@H]6O)C(C)(C)[C@@H]5CC[C@]42C)O[C@H](O)[C@]12[C@H]3CC(C)(C)[C@@H](OC(=O)c1ccccc1)[C@@H]2OC(=O)/C=C/c1ccccc1. The van der Waals surface area contributed by atoms with Crippen molar-refractivity contribution in [1.82, 2.24) is 0 Å². The van der Waals surface area contributed by atoms with Crippen molar-refractivity contribution >= 4 is 30.0 Å². The van der Waals surface area contributed by atoms with E-state index in [0.717, 1.165) is 0 Å². The molecular weight excluding hydrogens is 1450 g/mol. The molecule has 0 unspecified atom stereocenters. The molecular formula is C78H110O32. The van der Waals surface area contributed by atoms with Gasteiger partial charge in [0.1, 0.15) is 121 Å². The van der Waals surface area contributed by atoms with E-state index in [0.29, 0.717) is 37.7 Å². The van der Waals surface area contributed by atoms with Crippen LogP contribution in [0, 0.1) is 56.2 Å². The topological polar surface area (TPSA) is 492 Å².